The molecule has 0 atom stereocenters. The molecule has 4 nitrogen and oxygen atoms in total. The molecule has 0 saturated heterocycles. The fourth-order valence-electron chi connectivity index (χ4n) is 1.18. The monoisotopic (exact) mass is 286 g/mol. The third-order valence-corrected chi connectivity index (χ3v) is 2.71. The first-order valence-corrected chi connectivity index (χ1v) is 5.79. The van der Waals surface area contributed by atoms with Crippen molar-refractivity contribution in [2.75, 3.05) is 19.8 Å². The van der Waals surface area contributed by atoms with Gasteiger partial charge in [-0.2, -0.15) is 0 Å². The topological polar surface area (TPSA) is 64.4 Å². The molecule has 88 valence electrons. The maximum absolute atomic E-state index is 10.4. The molecule has 0 saturated carbocycles. The minimum Gasteiger partial charge on any atom is -0.370 e. The number of ether oxygens (including phenoxy) is 1. The summed E-state index contributed by atoms with van der Waals surface area (Å²) >= 11 is 3.47. The first-order valence-electron chi connectivity index (χ1n) is 5.00. The van der Waals surface area contributed by atoms with Gasteiger partial charge in [0.1, 0.15) is 6.61 Å². The molecule has 0 radical (unpaired) electrons. The second-order valence-corrected chi connectivity index (χ2v) is 4.14. The summed E-state index contributed by atoms with van der Waals surface area (Å²) in [5, 5.41) is 3.21. The van der Waals surface area contributed by atoms with E-state index in [4.69, 9.17) is 10.5 Å². The fourth-order valence-corrected chi connectivity index (χ4v) is 1.61. The standard InChI is InChI=1S/C11H15BrN2O2/c12-10-4-2-1-3-9(10)7-14-5-6-16-8-11(13)15/h1-4,14H,5-8H2,(H2,13,15). The number of nitrogens with one attached hydrogen (secondary N) is 1. The van der Waals surface area contributed by atoms with Gasteiger partial charge in [-0.25, -0.2) is 0 Å². The maximum Gasteiger partial charge on any atom is 0.243 e. The number of carbonyl (C=O) groups excluding carboxylic acids is 1. The van der Waals surface area contributed by atoms with Gasteiger partial charge < -0.3 is 15.8 Å². The molecular formula is C11H15BrN2O2. The normalized spacial score (nSPS) is 10.3. The van der Waals surface area contributed by atoms with E-state index >= 15 is 0 Å². The van der Waals surface area contributed by atoms with Gasteiger partial charge in [0.2, 0.25) is 5.91 Å². The molecule has 0 aliphatic heterocycles. The van der Waals surface area contributed by atoms with Crippen LogP contribution in [-0.2, 0) is 16.1 Å². The molecule has 5 heteroatoms. The Balaban J connectivity index is 2.12. The van der Waals surface area contributed by atoms with E-state index in [1.54, 1.807) is 0 Å². The lowest BCUT2D eigenvalue weighted by Crippen LogP contribution is -2.23. The van der Waals surface area contributed by atoms with E-state index in [-0.39, 0.29) is 6.61 Å². The molecule has 1 aromatic carbocycles. The van der Waals surface area contributed by atoms with Gasteiger partial charge in [0, 0.05) is 17.6 Å². The van der Waals surface area contributed by atoms with Crippen molar-refractivity contribution in [3.8, 4) is 0 Å². The Morgan fingerprint density at radius 3 is 2.88 bits per heavy atom. The first-order chi connectivity index (χ1) is 7.70. The van der Waals surface area contributed by atoms with E-state index in [1.807, 2.05) is 24.3 Å². The summed E-state index contributed by atoms with van der Waals surface area (Å²) in [5.41, 5.74) is 6.12. The van der Waals surface area contributed by atoms with Crippen LogP contribution in [0.1, 0.15) is 5.56 Å². The smallest absolute Gasteiger partial charge is 0.243 e. The molecule has 0 aromatic heterocycles. The Morgan fingerprint density at radius 1 is 1.44 bits per heavy atom. The van der Waals surface area contributed by atoms with Crippen molar-refractivity contribution in [3.63, 3.8) is 0 Å². The van der Waals surface area contributed by atoms with Gasteiger partial charge in [-0.05, 0) is 11.6 Å². The van der Waals surface area contributed by atoms with Crippen molar-refractivity contribution >= 4 is 21.8 Å². The number of hydrogen-bond donors (Lipinski definition) is 2. The van der Waals surface area contributed by atoms with E-state index < -0.39 is 5.91 Å². The number of halogens is 1. The van der Waals surface area contributed by atoms with Crippen LogP contribution in [0, 0.1) is 0 Å². The minimum atomic E-state index is -0.439. The lowest BCUT2D eigenvalue weighted by atomic mass is 10.2. The molecule has 0 aliphatic carbocycles. The molecule has 0 heterocycles. The quantitative estimate of drug-likeness (QED) is 0.736. The molecule has 3 N–H and O–H groups in total. The Morgan fingerprint density at radius 2 is 2.19 bits per heavy atom. The summed E-state index contributed by atoms with van der Waals surface area (Å²) < 4.78 is 6.10. The Bertz CT molecular complexity index is 345. The number of nitrogens with two attached hydrogens (primary N) is 1. The zero-order valence-corrected chi connectivity index (χ0v) is 10.5. The largest absolute Gasteiger partial charge is 0.370 e. The highest BCUT2D eigenvalue weighted by atomic mass is 79.9. The number of amides is 1. The van der Waals surface area contributed by atoms with Gasteiger partial charge in [0.15, 0.2) is 0 Å². The van der Waals surface area contributed by atoms with Crippen molar-refractivity contribution in [1.29, 1.82) is 0 Å². The van der Waals surface area contributed by atoms with Crippen molar-refractivity contribution in [2.45, 2.75) is 6.54 Å². The van der Waals surface area contributed by atoms with E-state index in [9.17, 15) is 4.79 Å². The van der Waals surface area contributed by atoms with Gasteiger partial charge in [-0.1, -0.05) is 34.1 Å². The fraction of sp³-hybridized carbons (Fsp3) is 0.364. The van der Waals surface area contributed by atoms with Gasteiger partial charge in [-0.15, -0.1) is 0 Å². The zero-order chi connectivity index (χ0) is 11.8. The number of primary amides is 1. The minimum absolute atomic E-state index is 0.0172. The van der Waals surface area contributed by atoms with Crippen LogP contribution in [0.3, 0.4) is 0 Å². The molecule has 0 spiro atoms. The van der Waals surface area contributed by atoms with Crippen LogP contribution in [0.15, 0.2) is 28.7 Å². The second kappa shape index (κ2) is 7.38. The Hall–Kier alpha value is -0.910. The Labute approximate surface area is 103 Å². The molecule has 0 bridgehead atoms. The van der Waals surface area contributed by atoms with Crippen molar-refractivity contribution in [3.05, 3.63) is 34.3 Å². The first kappa shape index (κ1) is 13.2. The molecule has 0 aliphatic rings. The van der Waals surface area contributed by atoms with E-state index in [0.717, 1.165) is 11.0 Å². The third-order valence-electron chi connectivity index (χ3n) is 1.94. The second-order valence-electron chi connectivity index (χ2n) is 3.29. The van der Waals surface area contributed by atoms with Crippen LogP contribution in [0.25, 0.3) is 0 Å². The predicted molar refractivity (Wildman–Crippen MR) is 65.9 cm³/mol. The van der Waals surface area contributed by atoms with Crippen molar-refractivity contribution in [1.82, 2.24) is 5.32 Å². The van der Waals surface area contributed by atoms with E-state index in [1.165, 1.54) is 5.56 Å². The van der Waals surface area contributed by atoms with Gasteiger partial charge in [0.25, 0.3) is 0 Å². The summed E-state index contributed by atoms with van der Waals surface area (Å²) in [5.74, 6) is -0.439. The van der Waals surface area contributed by atoms with Gasteiger partial charge >= 0.3 is 0 Å². The summed E-state index contributed by atoms with van der Waals surface area (Å²) in [6, 6.07) is 8.01. The molecule has 1 rings (SSSR count). The molecule has 0 fully saturated rings. The van der Waals surface area contributed by atoms with Crippen molar-refractivity contribution < 1.29 is 9.53 Å². The summed E-state index contributed by atoms with van der Waals surface area (Å²) in [7, 11) is 0. The van der Waals surface area contributed by atoms with Crippen LogP contribution >= 0.6 is 15.9 Å². The lowest BCUT2D eigenvalue weighted by Gasteiger charge is -2.06. The molecular weight excluding hydrogens is 272 g/mol. The van der Waals surface area contributed by atoms with Crippen molar-refractivity contribution in [2.24, 2.45) is 5.73 Å². The maximum atomic E-state index is 10.4. The molecule has 0 unspecified atom stereocenters. The predicted octanol–water partition coefficient (Wildman–Crippen LogP) is 1.04. The van der Waals surface area contributed by atoms with Crippen LogP contribution < -0.4 is 11.1 Å². The number of carbonyl (C=O) groups is 1. The highest BCUT2D eigenvalue weighted by molar-refractivity contribution is 9.10. The zero-order valence-electron chi connectivity index (χ0n) is 8.91. The van der Waals surface area contributed by atoms with Crippen LogP contribution in [-0.4, -0.2) is 25.7 Å². The lowest BCUT2D eigenvalue weighted by molar-refractivity contribution is -0.122. The summed E-state index contributed by atoms with van der Waals surface area (Å²) in [6.07, 6.45) is 0. The average molecular weight is 287 g/mol. The SMILES string of the molecule is NC(=O)COCCNCc1ccccc1Br. The highest BCUT2D eigenvalue weighted by Gasteiger charge is 1.97. The highest BCUT2D eigenvalue weighted by Crippen LogP contribution is 2.14. The molecule has 1 aromatic rings. The van der Waals surface area contributed by atoms with Crippen LogP contribution in [0.4, 0.5) is 0 Å². The molecule has 16 heavy (non-hydrogen) atoms. The van der Waals surface area contributed by atoms with Crippen LogP contribution in [0.2, 0.25) is 0 Å². The van der Waals surface area contributed by atoms with Gasteiger partial charge in [0.05, 0.1) is 6.61 Å². The van der Waals surface area contributed by atoms with Crippen LogP contribution in [0.5, 0.6) is 0 Å². The molecule has 1 amide bonds. The summed E-state index contributed by atoms with van der Waals surface area (Å²) in [6.45, 7) is 1.92. The summed E-state index contributed by atoms with van der Waals surface area (Å²) in [4.78, 5) is 10.4. The van der Waals surface area contributed by atoms with Gasteiger partial charge in [-0.3, -0.25) is 4.79 Å². The van der Waals surface area contributed by atoms with E-state index in [2.05, 4.69) is 21.2 Å². The van der Waals surface area contributed by atoms with E-state index in [0.29, 0.717) is 13.2 Å². The number of hydrogen-bond acceptors (Lipinski definition) is 3. The number of rotatable bonds is 7. The average Bonchev–Trinajstić information content (AvgIpc) is 2.25. The Kier molecular flexibility index (Phi) is 6.07. The number of benzene rings is 1. The third kappa shape index (κ3) is 5.25.